The van der Waals surface area contributed by atoms with Crippen molar-refractivity contribution in [3.8, 4) is 0 Å². The zero-order chi connectivity index (χ0) is 11.4. The molecule has 2 rings (SSSR count). The Morgan fingerprint density at radius 2 is 1.69 bits per heavy atom. The van der Waals surface area contributed by atoms with Crippen molar-refractivity contribution in [2.45, 2.75) is 6.92 Å². The molecule has 0 bridgehead atoms. The summed E-state index contributed by atoms with van der Waals surface area (Å²) in [7, 11) is 1.96. The first-order chi connectivity index (χ1) is 7.79. The van der Waals surface area contributed by atoms with Crippen molar-refractivity contribution in [3.63, 3.8) is 0 Å². The van der Waals surface area contributed by atoms with E-state index in [0.717, 1.165) is 13.1 Å². The maximum atomic E-state index is 3.39. The minimum absolute atomic E-state index is 0.952. The molecule has 2 aromatic rings. The molecule has 2 heteroatoms. The third-order valence-corrected chi connectivity index (χ3v) is 2.70. The summed E-state index contributed by atoms with van der Waals surface area (Å²) in [6.07, 6.45) is 0. The summed E-state index contributed by atoms with van der Waals surface area (Å²) in [5.41, 5.74) is 2.50. The maximum Gasteiger partial charge on any atom is 0.0347 e. The van der Waals surface area contributed by atoms with E-state index in [1.54, 1.807) is 0 Å². The number of hydrogen-bond donors (Lipinski definition) is 2. The fraction of sp³-hybridized carbons (Fsp3) is 0.286. The number of hydrogen-bond acceptors (Lipinski definition) is 2. The van der Waals surface area contributed by atoms with Crippen molar-refractivity contribution >= 4 is 16.5 Å². The summed E-state index contributed by atoms with van der Waals surface area (Å²) in [5.74, 6) is 0. The Bertz CT molecular complexity index is 477. The van der Waals surface area contributed by atoms with E-state index in [-0.39, 0.29) is 0 Å². The second kappa shape index (κ2) is 4.99. The average Bonchev–Trinajstić information content (AvgIpc) is 2.29. The average molecular weight is 214 g/mol. The molecule has 16 heavy (non-hydrogen) atoms. The van der Waals surface area contributed by atoms with Gasteiger partial charge in [0.1, 0.15) is 0 Å². The van der Waals surface area contributed by atoms with E-state index in [4.69, 9.17) is 0 Å². The molecular weight excluding hydrogens is 196 g/mol. The molecule has 0 atom stereocenters. The maximum absolute atomic E-state index is 3.39. The van der Waals surface area contributed by atoms with Crippen molar-refractivity contribution in [2.24, 2.45) is 0 Å². The first-order valence-electron chi connectivity index (χ1n) is 5.68. The van der Waals surface area contributed by atoms with Crippen LogP contribution in [0.25, 0.3) is 10.8 Å². The smallest absolute Gasteiger partial charge is 0.0347 e. The second-order valence-electron chi connectivity index (χ2n) is 4.10. The Hall–Kier alpha value is -1.54. The van der Waals surface area contributed by atoms with E-state index in [2.05, 4.69) is 54.0 Å². The van der Waals surface area contributed by atoms with E-state index in [9.17, 15) is 0 Å². The van der Waals surface area contributed by atoms with Crippen LogP contribution in [-0.4, -0.2) is 20.1 Å². The predicted molar refractivity (Wildman–Crippen MR) is 71.1 cm³/mol. The highest BCUT2D eigenvalue weighted by molar-refractivity contribution is 5.86. The normalized spacial score (nSPS) is 10.6. The van der Waals surface area contributed by atoms with Crippen LogP contribution in [0.4, 0.5) is 5.69 Å². The van der Waals surface area contributed by atoms with Crippen LogP contribution < -0.4 is 10.6 Å². The number of nitrogens with one attached hydrogen (secondary N) is 2. The molecule has 0 unspecified atom stereocenters. The van der Waals surface area contributed by atoms with Crippen LogP contribution in [0.5, 0.6) is 0 Å². The summed E-state index contributed by atoms with van der Waals surface area (Å²) in [4.78, 5) is 0. The molecule has 0 fully saturated rings. The highest BCUT2D eigenvalue weighted by atomic mass is 14.9. The van der Waals surface area contributed by atoms with Gasteiger partial charge in [-0.1, -0.05) is 29.8 Å². The minimum atomic E-state index is 0.952. The SMILES string of the molecule is CNCCNc1ccc2cc(C)ccc2c1. The van der Waals surface area contributed by atoms with Crippen LogP contribution >= 0.6 is 0 Å². The number of benzene rings is 2. The van der Waals surface area contributed by atoms with Crippen LogP contribution in [0.2, 0.25) is 0 Å². The zero-order valence-electron chi connectivity index (χ0n) is 9.88. The zero-order valence-corrected chi connectivity index (χ0v) is 9.88. The lowest BCUT2D eigenvalue weighted by atomic mass is 10.1. The van der Waals surface area contributed by atoms with E-state index in [1.165, 1.54) is 22.0 Å². The third-order valence-electron chi connectivity index (χ3n) is 2.70. The van der Waals surface area contributed by atoms with Crippen LogP contribution in [-0.2, 0) is 0 Å². The first-order valence-corrected chi connectivity index (χ1v) is 5.68. The van der Waals surface area contributed by atoms with Gasteiger partial charge in [-0.05, 0) is 36.9 Å². The third kappa shape index (κ3) is 2.52. The fourth-order valence-corrected chi connectivity index (χ4v) is 1.81. The van der Waals surface area contributed by atoms with E-state index >= 15 is 0 Å². The molecule has 0 spiro atoms. The van der Waals surface area contributed by atoms with Gasteiger partial charge in [0.2, 0.25) is 0 Å². The summed E-state index contributed by atoms with van der Waals surface area (Å²) in [5, 5.41) is 9.11. The Morgan fingerprint density at radius 3 is 2.50 bits per heavy atom. The number of likely N-dealkylation sites (N-methyl/N-ethyl adjacent to an activating group) is 1. The molecule has 2 nitrogen and oxygen atoms in total. The van der Waals surface area contributed by atoms with Crippen LogP contribution in [0, 0.1) is 6.92 Å². The molecule has 0 radical (unpaired) electrons. The van der Waals surface area contributed by atoms with Crippen LogP contribution in [0.15, 0.2) is 36.4 Å². The van der Waals surface area contributed by atoms with Crippen molar-refractivity contribution < 1.29 is 0 Å². The van der Waals surface area contributed by atoms with Crippen molar-refractivity contribution in [2.75, 3.05) is 25.5 Å². The van der Waals surface area contributed by atoms with Gasteiger partial charge in [0.05, 0.1) is 0 Å². The minimum Gasteiger partial charge on any atom is -0.384 e. The molecule has 0 aliphatic carbocycles. The van der Waals surface area contributed by atoms with Gasteiger partial charge in [-0.15, -0.1) is 0 Å². The lowest BCUT2D eigenvalue weighted by Crippen LogP contribution is -2.17. The Morgan fingerprint density at radius 1 is 0.938 bits per heavy atom. The molecule has 0 aromatic heterocycles. The molecular formula is C14H18N2. The largest absolute Gasteiger partial charge is 0.384 e. The van der Waals surface area contributed by atoms with E-state index < -0.39 is 0 Å². The summed E-state index contributed by atoms with van der Waals surface area (Å²) in [6, 6.07) is 13.0. The topological polar surface area (TPSA) is 24.1 Å². The fourth-order valence-electron chi connectivity index (χ4n) is 1.81. The summed E-state index contributed by atoms with van der Waals surface area (Å²) in [6.45, 7) is 4.05. The molecule has 2 aromatic carbocycles. The Labute approximate surface area is 96.7 Å². The quantitative estimate of drug-likeness (QED) is 0.765. The lowest BCUT2D eigenvalue weighted by Gasteiger charge is -2.07. The standard InChI is InChI=1S/C14H18N2/c1-11-3-4-13-10-14(16-8-7-15-2)6-5-12(13)9-11/h3-6,9-10,15-16H,7-8H2,1-2H3. The molecule has 0 amide bonds. The lowest BCUT2D eigenvalue weighted by molar-refractivity contribution is 0.824. The first kappa shape index (κ1) is 11.0. The van der Waals surface area contributed by atoms with Gasteiger partial charge in [0, 0.05) is 18.8 Å². The van der Waals surface area contributed by atoms with Gasteiger partial charge in [0.15, 0.2) is 0 Å². The summed E-state index contributed by atoms with van der Waals surface area (Å²) < 4.78 is 0. The molecule has 2 N–H and O–H groups in total. The van der Waals surface area contributed by atoms with Gasteiger partial charge < -0.3 is 10.6 Å². The van der Waals surface area contributed by atoms with Gasteiger partial charge in [0.25, 0.3) is 0 Å². The van der Waals surface area contributed by atoms with Gasteiger partial charge in [-0.2, -0.15) is 0 Å². The monoisotopic (exact) mass is 214 g/mol. The molecule has 0 saturated carbocycles. The predicted octanol–water partition coefficient (Wildman–Crippen LogP) is 2.78. The number of aryl methyl sites for hydroxylation is 1. The van der Waals surface area contributed by atoms with Gasteiger partial charge in [-0.3, -0.25) is 0 Å². The molecule has 0 aliphatic rings. The number of anilines is 1. The highest BCUT2D eigenvalue weighted by Crippen LogP contribution is 2.20. The van der Waals surface area contributed by atoms with Gasteiger partial charge >= 0.3 is 0 Å². The highest BCUT2D eigenvalue weighted by Gasteiger charge is 1.96. The van der Waals surface area contributed by atoms with Gasteiger partial charge in [-0.25, -0.2) is 0 Å². The number of rotatable bonds is 4. The van der Waals surface area contributed by atoms with Crippen LogP contribution in [0.3, 0.4) is 0 Å². The van der Waals surface area contributed by atoms with Crippen LogP contribution in [0.1, 0.15) is 5.56 Å². The van der Waals surface area contributed by atoms with E-state index in [1.807, 2.05) is 7.05 Å². The molecule has 84 valence electrons. The molecule has 0 saturated heterocycles. The molecule has 0 heterocycles. The van der Waals surface area contributed by atoms with Crippen molar-refractivity contribution in [3.05, 3.63) is 42.0 Å². The molecule has 0 aliphatic heterocycles. The van der Waals surface area contributed by atoms with Crippen molar-refractivity contribution in [1.29, 1.82) is 0 Å². The Kier molecular flexibility index (Phi) is 3.42. The van der Waals surface area contributed by atoms with E-state index in [0.29, 0.717) is 0 Å². The van der Waals surface area contributed by atoms with Crippen molar-refractivity contribution in [1.82, 2.24) is 5.32 Å². The Balaban J connectivity index is 2.20. The summed E-state index contributed by atoms with van der Waals surface area (Å²) >= 11 is 0. The number of fused-ring (bicyclic) bond motifs is 1. The second-order valence-corrected chi connectivity index (χ2v) is 4.10.